The van der Waals surface area contributed by atoms with E-state index >= 15 is 0 Å². The van der Waals surface area contributed by atoms with Crippen LogP contribution >= 0.6 is 11.3 Å². The first-order chi connectivity index (χ1) is 12.3. The number of aryl methyl sites for hydroxylation is 4. The maximum absolute atomic E-state index is 12.6. The Hall–Kier alpha value is -1.65. The number of carbonyl (C=O) groups is 1. The number of fused-ring (bicyclic) bond motifs is 1. The second-order valence-electron chi connectivity index (χ2n) is 7.67. The maximum Gasteiger partial charge on any atom is 0.254 e. The molecule has 1 aromatic heterocycles. The van der Waals surface area contributed by atoms with Crippen LogP contribution in [-0.4, -0.2) is 42.4 Å². The molecule has 0 aliphatic carbocycles. The van der Waals surface area contributed by atoms with Crippen molar-refractivity contribution in [3.05, 3.63) is 55.8 Å². The molecule has 26 heavy (non-hydrogen) atoms. The SMILES string of the molecule is Cc1cc(CCN(C)CCCN2Cc3cc(C)c(C)cc3C2=O)c(C)s1. The number of thiophene rings is 1. The van der Waals surface area contributed by atoms with E-state index in [9.17, 15) is 4.79 Å². The molecule has 1 aromatic carbocycles. The highest BCUT2D eigenvalue weighted by molar-refractivity contribution is 7.12. The fourth-order valence-electron chi connectivity index (χ4n) is 3.72. The first-order valence-electron chi connectivity index (χ1n) is 9.49. The van der Waals surface area contributed by atoms with Crippen LogP contribution in [0.5, 0.6) is 0 Å². The molecule has 0 saturated heterocycles. The Morgan fingerprint density at radius 3 is 2.50 bits per heavy atom. The third-order valence-electron chi connectivity index (χ3n) is 5.47. The Labute approximate surface area is 161 Å². The fraction of sp³-hybridized carbons (Fsp3) is 0.500. The molecule has 0 atom stereocenters. The van der Waals surface area contributed by atoms with E-state index in [4.69, 9.17) is 0 Å². The highest BCUT2D eigenvalue weighted by Gasteiger charge is 2.27. The minimum absolute atomic E-state index is 0.204. The summed E-state index contributed by atoms with van der Waals surface area (Å²) in [6, 6.07) is 6.56. The molecule has 4 heteroatoms. The standard InChI is InChI=1S/C22H30N2OS/c1-15-11-20-14-24(22(25)21(20)12-16(15)2)9-6-8-23(5)10-7-19-13-17(3)26-18(19)4/h11-13H,6-10,14H2,1-5H3. The van der Waals surface area contributed by atoms with E-state index < -0.39 is 0 Å². The monoisotopic (exact) mass is 370 g/mol. The molecule has 140 valence electrons. The van der Waals surface area contributed by atoms with Crippen LogP contribution in [0.3, 0.4) is 0 Å². The van der Waals surface area contributed by atoms with Crippen molar-refractivity contribution in [3.8, 4) is 0 Å². The zero-order valence-electron chi connectivity index (χ0n) is 16.7. The largest absolute Gasteiger partial charge is 0.334 e. The Morgan fingerprint density at radius 1 is 1.08 bits per heavy atom. The first kappa shape index (κ1) is 19.1. The van der Waals surface area contributed by atoms with Crippen molar-refractivity contribution in [2.24, 2.45) is 0 Å². The molecule has 1 aliphatic rings. The van der Waals surface area contributed by atoms with Gasteiger partial charge >= 0.3 is 0 Å². The lowest BCUT2D eigenvalue weighted by Crippen LogP contribution is -2.29. The molecular weight excluding hydrogens is 340 g/mol. The van der Waals surface area contributed by atoms with Crippen molar-refractivity contribution < 1.29 is 4.79 Å². The summed E-state index contributed by atoms with van der Waals surface area (Å²) in [5.74, 6) is 0.204. The lowest BCUT2D eigenvalue weighted by Gasteiger charge is -2.20. The normalized spacial score (nSPS) is 13.8. The van der Waals surface area contributed by atoms with Crippen LogP contribution < -0.4 is 0 Å². The van der Waals surface area contributed by atoms with Crippen molar-refractivity contribution in [1.82, 2.24) is 9.80 Å². The third kappa shape index (κ3) is 4.18. The van der Waals surface area contributed by atoms with E-state index in [1.54, 1.807) is 0 Å². The first-order valence-corrected chi connectivity index (χ1v) is 10.3. The Bertz CT molecular complexity index is 809. The zero-order valence-corrected chi connectivity index (χ0v) is 17.5. The summed E-state index contributed by atoms with van der Waals surface area (Å²) >= 11 is 1.89. The second-order valence-corrected chi connectivity index (χ2v) is 9.13. The van der Waals surface area contributed by atoms with Gasteiger partial charge in [-0.2, -0.15) is 0 Å². The van der Waals surface area contributed by atoms with Gasteiger partial charge in [-0.1, -0.05) is 6.07 Å². The Balaban J connectivity index is 1.45. The molecule has 0 unspecified atom stereocenters. The highest BCUT2D eigenvalue weighted by Crippen LogP contribution is 2.26. The van der Waals surface area contributed by atoms with Gasteiger partial charge in [-0.3, -0.25) is 4.79 Å². The molecule has 3 rings (SSSR count). The molecule has 0 spiro atoms. The molecule has 0 fully saturated rings. The number of carbonyl (C=O) groups excluding carboxylic acids is 1. The highest BCUT2D eigenvalue weighted by atomic mass is 32.1. The smallest absolute Gasteiger partial charge is 0.254 e. The molecule has 0 bridgehead atoms. The van der Waals surface area contributed by atoms with Gasteiger partial charge in [0.05, 0.1) is 0 Å². The summed E-state index contributed by atoms with van der Waals surface area (Å²) in [6.07, 6.45) is 2.13. The maximum atomic E-state index is 12.6. The predicted molar refractivity (Wildman–Crippen MR) is 110 cm³/mol. The molecular formula is C22H30N2OS. The van der Waals surface area contributed by atoms with Crippen LogP contribution in [0.15, 0.2) is 18.2 Å². The Morgan fingerprint density at radius 2 is 1.81 bits per heavy atom. The molecule has 0 radical (unpaired) electrons. The van der Waals surface area contributed by atoms with Gasteiger partial charge in [0.25, 0.3) is 5.91 Å². The third-order valence-corrected chi connectivity index (χ3v) is 6.48. The van der Waals surface area contributed by atoms with Gasteiger partial charge in [0, 0.05) is 35.0 Å². The lowest BCUT2D eigenvalue weighted by atomic mass is 10.0. The molecule has 3 nitrogen and oxygen atoms in total. The number of hydrogen-bond acceptors (Lipinski definition) is 3. The van der Waals surface area contributed by atoms with Crippen molar-refractivity contribution >= 4 is 17.2 Å². The quantitative estimate of drug-likeness (QED) is 0.716. The Kier molecular flexibility index (Phi) is 5.83. The molecule has 2 heterocycles. The number of nitrogens with zero attached hydrogens (tertiary/aromatic N) is 2. The number of rotatable bonds is 7. The van der Waals surface area contributed by atoms with Gasteiger partial charge in [-0.15, -0.1) is 11.3 Å². The summed E-state index contributed by atoms with van der Waals surface area (Å²) in [5, 5.41) is 0. The van der Waals surface area contributed by atoms with E-state index in [-0.39, 0.29) is 5.91 Å². The number of amides is 1. The van der Waals surface area contributed by atoms with E-state index in [1.165, 1.54) is 32.0 Å². The number of hydrogen-bond donors (Lipinski definition) is 0. The van der Waals surface area contributed by atoms with Crippen molar-refractivity contribution in [3.63, 3.8) is 0 Å². The number of benzene rings is 1. The van der Waals surface area contributed by atoms with E-state index in [0.29, 0.717) is 0 Å². The van der Waals surface area contributed by atoms with Crippen molar-refractivity contribution in [1.29, 1.82) is 0 Å². The topological polar surface area (TPSA) is 23.6 Å². The molecule has 1 aliphatic heterocycles. The van der Waals surface area contributed by atoms with Gasteiger partial charge in [-0.05, 0) is 88.5 Å². The predicted octanol–water partition coefficient (Wildman–Crippen LogP) is 4.50. The van der Waals surface area contributed by atoms with Crippen LogP contribution in [0.2, 0.25) is 0 Å². The van der Waals surface area contributed by atoms with Crippen LogP contribution in [-0.2, 0) is 13.0 Å². The van der Waals surface area contributed by atoms with Gasteiger partial charge in [-0.25, -0.2) is 0 Å². The van der Waals surface area contributed by atoms with E-state index in [0.717, 1.165) is 44.6 Å². The minimum Gasteiger partial charge on any atom is -0.334 e. The molecule has 0 N–H and O–H groups in total. The van der Waals surface area contributed by atoms with Crippen LogP contribution in [0.25, 0.3) is 0 Å². The summed E-state index contributed by atoms with van der Waals surface area (Å²) in [5.41, 5.74) is 6.06. The molecule has 2 aromatic rings. The van der Waals surface area contributed by atoms with Crippen molar-refractivity contribution in [2.75, 3.05) is 26.7 Å². The van der Waals surface area contributed by atoms with Crippen molar-refractivity contribution in [2.45, 2.75) is 47.1 Å². The summed E-state index contributed by atoms with van der Waals surface area (Å²) in [6.45, 7) is 12.3. The van der Waals surface area contributed by atoms with Gasteiger partial charge in [0.15, 0.2) is 0 Å². The second kappa shape index (κ2) is 7.93. The van der Waals surface area contributed by atoms with E-state index in [1.807, 2.05) is 16.2 Å². The zero-order chi connectivity index (χ0) is 18.8. The number of likely N-dealkylation sites (N-methyl/N-ethyl adjacent to an activating group) is 1. The average molecular weight is 371 g/mol. The average Bonchev–Trinajstić information content (AvgIpc) is 3.06. The fourth-order valence-corrected chi connectivity index (χ4v) is 4.70. The minimum atomic E-state index is 0.204. The summed E-state index contributed by atoms with van der Waals surface area (Å²) in [7, 11) is 2.18. The van der Waals surface area contributed by atoms with Crippen LogP contribution in [0.4, 0.5) is 0 Å². The van der Waals surface area contributed by atoms with E-state index in [2.05, 4.69) is 57.8 Å². The van der Waals surface area contributed by atoms with Gasteiger partial charge in [0.1, 0.15) is 0 Å². The van der Waals surface area contributed by atoms with Crippen LogP contribution in [0, 0.1) is 27.7 Å². The summed E-state index contributed by atoms with van der Waals surface area (Å²) < 4.78 is 0. The summed E-state index contributed by atoms with van der Waals surface area (Å²) in [4.78, 5) is 19.8. The molecule has 1 amide bonds. The van der Waals surface area contributed by atoms with Gasteiger partial charge in [0.2, 0.25) is 0 Å². The molecule has 0 saturated carbocycles. The van der Waals surface area contributed by atoms with Gasteiger partial charge < -0.3 is 9.80 Å². The van der Waals surface area contributed by atoms with Crippen LogP contribution in [0.1, 0.15) is 48.8 Å². The lowest BCUT2D eigenvalue weighted by molar-refractivity contribution is 0.0772.